The lowest BCUT2D eigenvalue weighted by molar-refractivity contribution is 0.160. The van der Waals surface area contributed by atoms with Crippen LogP contribution in [0.4, 0.5) is 5.69 Å². The van der Waals surface area contributed by atoms with E-state index in [0.29, 0.717) is 5.92 Å². The van der Waals surface area contributed by atoms with Gasteiger partial charge in [-0.1, -0.05) is 31.5 Å². The molecule has 0 aromatic heterocycles. The van der Waals surface area contributed by atoms with Crippen LogP contribution in [0.3, 0.4) is 0 Å². The number of nitrogens with two attached hydrogens (primary N) is 1. The largest absolute Gasteiger partial charge is 0.365 e. The Hall–Kier alpha value is -1.02. The minimum atomic E-state index is 0.135. The van der Waals surface area contributed by atoms with Crippen LogP contribution in [0.15, 0.2) is 24.3 Å². The Morgan fingerprint density at radius 1 is 1.25 bits per heavy atom. The molecule has 2 nitrogen and oxygen atoms in total. The summed E-state index contributed by atoms with van der Waals surface area (Å²) in [5.41, 5.74) is 9.05. The van der Waals surface area contributed by atoms with Gasteiger partial charge in [-0.2, -0.15) is 0 Å². The van der Waals surface area contributed by atoms with Gasteiger partial charge in [-0.25, -0.2) is 0 Å². The van der Waals surface area contributed by atoms with Crippen molar-refractivity contribution < 1.29 is 0 Å². The molecule has 20 heavy (non-hydrogen) atoms. The highest BCUT2D eigenvalue weighted by atomic mass is 15.2. The molecule has 1 aromatic rings. The summed E-state index contributed by atoms with van der Waals surface area (Å²) < 4.78 is 0. The Morgan fingerprint density at radius 2 is 1.90 bits per heavy atom. The first-order valence-electron chi connectivity index (χ1n) is 8.08. The smallest absolute Gasteiger partial charge is 0.0549 e. The maximum atomic E-state index is 6.28. The third-order valence-electron chi connectivity index (χ3n) is 5.30. The molecule has 0 spiro atoms. The van der Waals surface area contributed by atoms with Gasteiger partial charge >= 0.3 is 0 Å². The first-order chi connectivity index (χ1) is 9.53. The maximum Gasteiger partial charge on any atom is 0.0549 e. The second-order valence-corrected chi connectivity index (χ2v) is 6.67. The number of rotatable bonds is 4. The van der Waals surface area contributed by atoms with E-state index in [4.69, 9.17) is 5.73 Å². The molecule has 0 bridgehead atoms. The number of likely N-dealkylation sites (N-methyl/N-ethyl adjacent to an activating group) is 1. The van der Waals surface area contributed by atoms with E-state index >= 15 is 0 Å². The minimum absolute atomic E-state index is 0.135. The summed E-state index contributed by atoms with van der Waals surface area (Å²) in [6.07, 6.45) is 3.80. The SMILES string of the molecule is CCN(c1ccc(C)cc1)C1(CN)CCC(C)CC1C. The number of benzene rings is 1. The standard InChI is InChI=1S/C18H30N2/c1-5-20(17-8-6-14(2)7-9-17)18(13-19)11-10-15(3)12-16(18)4/h6-9,15-16H,5,10-13,19H2,1-4H3. The first-order valence-corrected chi connectivity index (χ1v) is 8.08. The van der Waals surface area contributed by atoms with E-state index in [-0.39, 0.29) is 5.54 Å². The normalized spacial score (nSPS) is 30.2. The topological polar surface area (TPSA) is 29.3 Å². The van der Waals surface area contributed by atoms with E-state index in [1.807, 2.05) is 0 Å². The van der Waals surface area contributed by atoms with Crippen molar-refractivity contribution in [3.8, 4) is 0 Å². The summed E-state index contributed by atoms with van der Waals surface area (Å²) in [6.45, 7) is 10.9. The average Bonchev–Trinajstić information content (AvgIpc) is 2.44. The van der Waals surface area contributed by atoms with Gasteiger partial charge in [-0.05, 0) is 57.1 Å². The summed E-state index contributed by atoms with van der Waals surface area (Å²) >= 11 is 0. The predicted molar refractivity (Wildman–Crippen MR) is 88.2 cm³/mol. The average molecular weight is 274 g/mol. The van der Waals surface area contributed by atoms with Crippen LogP contribution in [0.25, 0.3) is 0 Å². The molecule has 2 N–H and O–H groups in total. The van der Waals surface area contributed by atoms with E-state index in [1.165, 1.54) is 30.5 Å². The van der Waals surface area contributed by atoms with Crippen LogP contribution in [-0.4, -0.2) is 18.6 Å². The molecule has 3 atom stereocenters. The molecule has 1 saturated carbocycles. The molecule has 1 aliphatic carbocycles. The van der Waals surface area contributed by atoms with Gasteiger partial charge in [0.25, 0.3) is 0 Å². The summed E-state index contributed by atoms with van der Waals surface area (Å²) in [5, 5.41) is 0. The molecule has 2 heteroatoms. The molecule has 1 aliphatic rings. The van der Waals surface area contributed by atoms with Crippen molar-refractivity contribution in [1.82, 2.24) is 0 Å². The Balaban J connectivity index is 2.34. The fraction of sp³-hybridized carbons (Fsp3) is 0.667. The summed E-state index contributed by atoms with van der Waals surface area (Å²) in [4.78, 5) is 2.56. The minimum Gasteiger partial charge on any atom is -0.365 e. The number of hydrogen-bond acceptors (Lipinski definition) is 2. The molecule has 0 aliphatic heterocycles. The Kier molecular flexibility index (Phi) is 4.74. The molecule has 112 valence electrons. The lowest BCUT2D eigenvalue weighted by atomic mass is 9.68. The van der Waals surface area contributed by atoms with Crippen LogP contribution in [-0.2, 0) is 0 Å². The van der Waals surface area contributed by atoms with Gasteiger partial charge in [0.15, 0.2) is 0 Å². The molecule has 2 rings (SSSR count). The highest BCUT2D eigenvalue weighted by Gasteiger charge is 2.43. The zero-order chi connectivity index (χ0) is 14.8. The van der Waals surface area contributed by atoms with Crippen LogP contribution < -0.4 is 10.6 Å². The fourth-order valence-corrected chi connectivity index (χ4v) is 3.98. The second kappa shape index (κ2) is 6.17. The Bertz CT molecular complexity index is 426. The lowest BCUT2D eigenvalue weighted by Gasteiger charge is -2.52. The van der Waals surface area contributed by atoms with Gasteiger partial charge in [-0.3, -0.25) is 0 Å². The van der Waals surface area contributed by atoms with Gasteiger partial charge < -0.3 is 10.6 Å². The van der Waals surface area contributed by atoms with Crippen LogP contribution >= 0.6 is 0 Å². The van der Waals surface area contributed by atoms with Crippen molar-refractivity contribution in [1.29, 1.82) is 0 Å². The molecule has 0 amide bonds. The van der Waals surface area contributed by atoms with Crippen molar-refractivity contribution >= 4 is 5.69 Å². The molecule has 3 unspecified atom stereocenters. The van der Waals surface area contributed by atoms with Crippen molar-refractivity contribution in [2.24, 2.45) is 17.6 Å². The Morgan fingerprint density at radius 3 is 2.40 bits per heavy atom. The predicted octanol–water partition coefficient (Wildman–Crippen LogP) is 3.97. The van der Waals surface area contributed by atoms with Crippen molar-refractivity contribution in [2.75, 3.05) is 18.0 Å². The molecular formula is C18H30N2. The van der Waals surface area contributed by atoms with Gasteiger partial charge in [0.05, 0.1) is 5.54 Å². The summed E-state index contributed by atoms with van der Waals surface area (Å²) in [6, 6.07) is 8.92. The maximum absolute atomic E-state index is 6.28. The number of nitrogens with zero attached hydrogens (tertiary/aromatic N) is 1. The molecular weight excluding hydrogens is 244 g/mol. The van der Waals surface area contributed by atoms with Gasteiger partial charge in [-0.15, -0.1) is 0 Å². The van der Waals surface area contributed by atoms with Crippen LogP contribution in [0.5, 0.6) is 0 Å². The summed E-state index contributed by atoms with van der Waals surface area (Å²) in [5.74, 6) is 1.49. The molecule has 1 fully saturated rings. The number of hydrogen-bond donors (Lipinski definition) is 1. The molecule has 0 radical (unpaired) electrons. The number of aryl methyl sites for hydroxylation is 1. The zero-order valence-electron chi connectivity index (χ0n) is 13.5. The summed E-state index contributed by atoms with van der Waals surface area (Å²) in [7, 11) is 0. The quantitative estimate of drug-likeness (QED) is 0.900. The highest BCUT2D eigenvalue weighted by Crippen LogP contribution is 2.42. The third-order valence-corrected chi connectivity index (χ3v) is 5.30. The monoisotopic (exact) mass is 274 g/mol. The van der Waals surface area contributed by atoms with Crippen molar-refractivity contribution in [2.45, 2.75) is 52.5 Å². The molecule has 1 aromatic carbocycles. The van der Waals surface area contributed by atoms with Crippen LogP contribution in [0.1, 0.15) is 45.6 Å². The lowest BCUT2D eigenvalue weighted by Crippen LogP contribution is -2.60. The zero-order valence-corrected chi connectivity index (χ0v) is 13.5. The van der Waals surface area contributed by atoms with E-state index < -0.39 is 0 Å². The molecule has 0 saturated heterocycles. The Labute approximate surface area is 124 Å². The highest BCUT2D eigenvalue weighted by molar-refractivity contribution is 5.50. The van der Waals surface area contributed by atoms with E-state index in [1.54, 1.807) is 0 Å². The van der Waals surface area contributed by atoms with Crippen molar-refractivity contribution in [3.63, 3.8) is 0 Å². The van der Waals surface area contributed by atoms with Gasteiger partial charge in [0.1, 0.15) is 0 Å². The first kappa shape index (κ1) is 15.4. The van der Waals surface area contributed by atoms with Crippen molar-refractivity contribution in [3.05, 3.63) is 29.8 Å². The number of anilines is 1. The van der Waals surface area contributed by atoms with Gasteiger partial charge in [0, 0.05) is 18.8 Å². The van der Waals surface area contributed by atoms with E-state index in [9.17, 15) is 0 Å². The fourth-order valence-electron chi connectivity index (χ4n) is 3.98. The molecule has 0 heterocycles. The van der Waals surface area contributed by atoms with Crippen LogP contribution in [0, 0.1) is 18.8 Å². The van der Waals surface area contributed by atoms with E-state index in [0.717, 1.165) is 19.0 Å². The van der Waals surface area contributed by atoms with Crippen LogP contribution in [0.2, 0.25) is 0 Å². The second-order valence-electron chi connectivity index (χ2n) is 6.67. The van der Waals surface area contributed by atoms with Gasteiger partial charge in [0.2, 0.25) is 0 Å². The third kappa shape index (κ3) is 2.71. The van der Waals surface area contributed by atoms with E-state index in [2.05, 4.69) is 56.9 Å².